The van der Waals surface area contributed by atoms with Gasteiger partial charge in [-0.15, -0.1) is 0 Å². The molecule has 0 aliphatic carbocycles. The Labute approximate surface area is 90.4 Å². The molecule has 0 aliphatic rings. The van der Waals surface area contributed by atoms with Gasteiger partial charge in [-0.1, -0.05) is 0 Å². The lowest BCUT2D eigenvalue weighted by Gasteiger charge is -2.05. The summed E-state index contributed by atoms with van der Waals surface area (Å²) in [6.07, 6.45) is 0. The van der Waals surface area contributed by atoms with E-state index in [0.717, 1.165) is 18.2 Å². The number of esters is 1. The molecule has 1 N–H and O–H groups in total. The van der Waals surface area contributed by atoms with Gasteiger partial charge in [0.2, 0.25) is 0 Å². The molecule has 1 rings (SSSR count). The van der Waals surface area contributed by atoms with E-state index in [-0.39, 0.29) is 11.3 Å². The maximum absolute atomic E-state index is 12.9. The normalized spacial score (nSPS) is 9.62. The number of ether oxygens (including phenoxy) is 2. The molecule has 16 heavy (non-hydrogen) atoms. The van der Waals surface area contributed by atoms with E-state index in [1.54, 1.807) is 0 Å². The number of carboxylic acids is 1. The Kier molecular flexibility index (Phi) is 3.82. The Morgan fingerprint density at radius 3 is 2.62 bits per heavy atom. The molecule has 6 heteroatoms. The second-order valence-electron chi connectivity index (χ2n) is 2.85. The number of hydrogen-bond acceptors (Lipinski definition) is 4. The first-order chi connectivity index (χ1) is 7.52. The van der Waals surface area contributed by atoms with Crippen molar-refractivity contribution in [3.8, 4) is 5.75 Å². The number of carbonyl (C=O) groups excluding carboxylic acids is 1. The number of halogens is 1. The predicted octanol–water partition coefficient (Wildman–Crippen LogP) is 1.08. The summed E-state index contributed by atoms with van der Waals surface area (Å²) in [5, 5.41) is 8.64. The monoisotopic (exact) mass is 228 g/mol. The average molecular weight is 228 g/mol. The summed E-state index contributed by atoms with van der Waals surface area (Å²) in [5.74, 6) is -2.70. The molecule has 1 aromatic carbocycles. The van der Waals surface area contributed by atoms with Crippen molar-refractivity contribution in [1.29, 1.82) is 0 Å². The van der Waals surface area contributed by atoms with Crippen LogP contribution in [0.25, 0.3) is 0 Å². The third-order valence-corrected chi connectivity index (χ3v) is 1.70. The molecule has 0 aliphatic heterocycles. The molecular formula is C10H9FO5. The highest BCUT2D eigenvalue weighted by Crippen LogP contribution is 2.16. The van der Waals surface area contributed by atoms with Crippen molar-refractivity contribution >= 4 is 11.9 Å². The molecule has 0 saturated heterocycles. The van der Waals surface area contributed by atoms with Crippen LogP contribution in [0, 0.1) is 5.82 Å². The highest BCUT2D eigenvalue weighted by Gasteiger charge is 2.09. The van der Waals surface area contributed by atoms with Crippen LogP contribution in [0.15, 0.2) is 18.2 Å². The van der Waals surface area contributed by atoms with E-state index >= 15 is 0 Å². The van der Waals surface area contributed by atoms with Crippen molar-refractivity contribution in [2.24, 2.45) is 0 Å². The molecule has 86 valence electrons. The lowest BCUT2D eigenvalue weighted by molar-refractivity contribution is -0.142. The summed E-state index contributed by atoms with van der Waals surface area (Å²) in [7, 11) is 1.18. The van der Waals surface area contributed by atoms with E-state index in [9.17, 15) is 14.0 Å². The van der Waals surface area contributed by atoms with Gasteiger partial charge in [-0.2, -0.15) is 0 Å². The van der Waals surface area contributed by atoms with Crippen LogP contribution in [0.4, 0.5) is 4.39 Å². The van der Waals surface area contributed by atoms with Gasteiger partial charge in [0.25, 0.3) is 0 Å². The number of hydrogen-bond donors (Lipinski definition) is 1. The molecule has 0 fully saturated rings. The Morgan fingerprint density at radius 1 is 1.38 bits per heavy atom. The maximum atomic E-state index is 12.9. The van der Waals surface area contributed by atoms with Crippen molar-refractivity contribution in [2.45, 2.75) is 0 Å². The molecule has 0 unspecified atom stereocenters. The van der Waals surface area contributed by atoms with Crippen LogP contribution in [-0.2, 0) is 9.53 Å². The lowest BCUT2D eigenvalue weighted by Crippen LogP contribution is -2.13. The van der Waals surface area contributed by atoms with Crippen LogP contribution in [0.3, 0.4) is 0 Å². The van der Waals surface area contributed by atoms with Crippen LogP contribution >= 0.6 is 0 Å². The largest absolute Gasteiger partial charge is 0.482 e. The Morgan fingerprint density at radius 2 is 2.06 bits per heavy atom. The zero-order valence-electron chi connectivity index (χ0n) is 8.40. The minimum absolute atomic E-state index is 0.0391. The third kappa shape index (κ3) is 3.23. The summed E-state index contributed by atoms with van der Waals surface area (Å²) in [6.45, 7) is -0.404. The second-order valence-corrected chi connectivity index (χ2v) is 2.85. The number of aromatic carboxylic acids is 1. The van der Waals surface area contributed by atoms with Gasteiger partial charge < -0.3 is 14.6 Å². The molecule has 0 atom stereocenters. The summed E-state index contributed by atoms with van der Waals surface area (Å²) < 4.78 is 22.1. The predicted molar refractivity (Wildman–Crippen MR) is 50.9 cm³/mol. The molecular weight excluding hydrogens is 219 g/mol. The zero-order valence-corrected chi connectivity index (χ0v) is 8.40. The molecule has 0 heterocycles. The van der Waals surface area contributed by atoms with Gasteiger partial charge in [-0.3, -0.25) is 0 Å². The molecule has 0 aromatic heterocycles. The molecule has 0 saturated carbocycles. The number of carboxylic acid groups (broad SMARTS) is 1. The van der Waals surface area contributed by atoms with Gasteiger partial charge in [0.15, 0.2) is 6.61 Å². The fourth-order valence-electron chi connectivity index (χ4n) is 0.971. The number of rotatable bonds is 4. The standard InChI is InChI=1S/C10H9FO5/c1-15-9(12)5-16-8-3-6(10(13)14)2-7(11)4-8/h2-4H,5H2,1H3,(H,13,14). The van der Waals surface area contributed by atoms with Gasteiger partial charge >= 0.3 is 11.9 Å². The molecule has 1 aromatic rings. The average Bonchev–Trinajstić information content (AvgIpc) is 2.25. The molecule has 0 amide bonds. The first-order valence-corrected chi connectivity index (χ1v) is 4.26. The van der Waals surface area contributed by atoms with E-state index in [1.165, 1.54) is 7.11 Å². The van der Waals surface area contributed by atoms with Crippen LogP contribution in [-0.4, -0.2) is 30.8 Å². The SMILES string of the molecule is COC(=O)COc1cc(F)cc(C(=O)O)c1. The minimum atomic E-state index is -1.28. The van der Waals surface area contributed by atoms with E-state index in [2.05, 4.69) is 4.74 Å². The highest BCUT2D eigenvalue weighted by atomic mass is 19.1. The van der Waals surface area contributed by atoms with Gasteiger partial charge in [0, 0.05) is 6.07 Å². The fourth-order valence-corrected chi connectivity index (χ4v) is 0.971. The fraction of sp³-hybridized carbons (Fsp3) is 0.200. The quantitative estimate of drug-likeness (QED) is 0.780. The van der Waals surface area contributed by atoms with Gasteiger partial charge in [-0.05, 0) is 12.1 Å². The molecule has 0 radical (unpaired) electrons. The van der Waals surface area contributed by atoms with Crippen LogP contribution in [0.5, 0.6) is 5.75 Å². The summed E-state index contributed by atoms with van der Waals surface area (Å²) in [4.78, 5) is 21.3. The number of benzene rings is 1. The van der Waals surface area contributed by atoms with Crippen LogP contribution < -0.4 is 4.74 Å². The van der Waals surface area contributed by atoms with E-state index in [4.69, 9.17) is 9.84 Å². The third-order valence-electron chi connectivity index (χ3n) is 1.70. The van der Waals surface area contributed by atoms with E-state index in [1.807, 2.05) is 0 Å². The van der Waals surface area contributed by atoms with Crippen LogP contribution in [0.1, 0.15) is 10.4 Å². The zero-order chi connectivity index (χ0) is 12.1. The number of methoxy groups -OCH3 is 1. The Bertz CT molecular complexity index is 416. The minimum Gasteiger partial charge on any atom is -0.482 e. The summed E-state index contributed by atoms with van der Waals surface area (Å²) in [5.41, 5.74) is -0.250. The van der Waals surface area contributed by atoms with Gasteiger partial charge in [-0.25, -0.2) is 14.0 Å². The van der Waals surface area contributed by atoms with Crippen molar-refractivity contribution in [2.75, 3.05) is 13.7 Å². The van der Waals surface area contributed by atoms with Crippen molar-refractivity contribution < 1.29 is 28.6 Å². The van der Waals surface area contributed by atoms with E-state index < -0.39 is 24.4 Å². The van der Waals surface area contributed by atoms with Crippen LogP contribution in [0.2, 0.25) is 0 Å². The van der Waals surface area contributed by atoms with Gasteiger partial charge in [0.1, 0.15) is 11.6 Å². The Balaban J connectivity index is 2.80. The smallest absolute Gasteiger partial charge is 0.343 e. The maximum Gasteiger partial charge on any atom is 0.343 e. The van der Waals surface area contributed by atoms with Crippen molar-refractivity contribution in [1.82, 2.24) is 0 Å². The number of carbonyl (C=O) groups is 2. The van der Waals surface area contributed by atoms with Crippen molar-refractivity contribution in [3.05, 3.63) is 29.6 Å². The molecule has 0 bridgehead atoms. The Hall–Kier alpha value is -2.11. The molecule has 5 nitrogen and oxygen atoms in total. The van der Waals surface area contributed by atoms with E-state index in [0.29, 0.717) is 0 Å². The highest BCUT2D eigenvalue weighted by molar-refractivity contribution is 5.88. The first-order valence-electron chi connectivity index (χ1n) is 4.26. The lowest BCUT2D eigenvalue weighted by atomic mass is 10.2. The van der Waals surface area contributed by atoms with Crippen molar-refractivity contribution in [3.63, 3.8) is 0 Å². The first kappa shape index (κ1) is 12.0. The topological polar surface area (TPSA) is 72.8 Å². The summed E-state index contributed by atoms with van der Waals surface area (Å²) >= 11 is 0. The molecule has 0 spiro atoms. The summed E-state index contributed by atoms with van der Waals surface area (Å²) in [6, 6.07) is 2.96. The second kappa shape index (κ2) is 5.11. The van der Waals surface area contributed by atoms with Gasteiger partial charge in [0.05, 0.1) is 12.7 Å².